The lowest BCUT2D eigenvalue weighted by atomic mass is 10.1. The van der Waals surface area contributed by atoms with Crippen LogP contribution < -0.4 is 10.9 Å². The molecule has 1 aliphatic rings. The number of aromatic nitrogens is 1. The van der Waals surface area contributed by atoms with Gasteiger partial charge >= 0.3 is 0 Å². The summed E-state index contributed by atoms with van der Waals surface area (Å²) in [6.07, 6.45) is 3.03. The summed E-state index contributed by atoms with van der Waals surface area (Å²) in [6, 6.07) is 6.47. The van der Waals surface area contributed by atoms with Crippen molar-refractivity contribution in [3.63, 3.8) is 0 Å². The Balaban J connectivity index is 1.96. The van der Waals surface area contributed by atoms with Crippen molar-refractivity contribution < 1.29 is 0 Å². The summed E-state index contributed by atoms with van der Waals surface area (Å²) in [6.45, 7) is 8.30. The molecule has 100 valence electrons. The van der Waals surface area contributed by atoms with Crippen LogP contribution in [0.1, 0.15) is 20.3 Å². The summed E-state index contributed by atoms with van der Waals surface area (Å²) >= 11 is 0. The molecule has 1 fully saturated rings. The van der Waals surface area contributed by atoms with E-state index in [4.69, 9.17) is 0 Å². The van der Waals surface area contributed by atoms with E-state index >= 15 is 0 Å². The first-order valence-electron chi connectivity index (χ1n) is 6.83. The molecule has 1 aliphatic heterocycles. The zero-order valence-electron chi connectivity index (χ0n) is 11.3. The molecular formula is C14H23N3O. The molecule has 0 amide bonds. The third kappa shape index (κ3) is 3.21. The zero-order valence-corrected chi connectivity index (χ0v) is 11.3. The molecule has 0 saturated carbocycles. The molecule has 1 saturated heterocycles. The second kappa shape index (κ2) is 6.16. The van der Waals surface area contributed by atoms with E-state index in [9.17, 15) is 4.79 Å². The first kappa shape index (κ1) is 13.3. The molecule has 2 heterocycles. The molecule has 0 bridgehead atoms. The van der Waals surface area contributed by atoms with Crippen molar-refractivity contribution in [1.29, 1.82) is 0 Å². The highest BCUT2D eigenvalue weighted by atomic mass is 16.1. The van der Waals surface area contributed by atoms with Crippen molar-refractivity contribution >= 4 is 0 Å². The van der Waals surface area contributed by atoms with Gasteiger partial charge in [0.1, 0.15) is 0 Å². The Morgan fingerprint density at radius 2 is 2.22 bits per heavy atom. The highest BCUT2D eigenvalue weighted by Gasteiger charge is 2.23. The lowest BCUT2D eigenvalue weighted by Crippen LogP contribution is -2.55. The van der Waals surface area contributed by atoms with Crippen LogP contribution in [0.15, 0.2) is 29.2 Å². The Morgan fingerprint density at radius 3 is 2.94 bits per heavy atom. The predicted molar refractivity (Wildman–Crippen MR) is 73.8 cm³/mol. The minimum atomic E-state index is 0.0914. The molecule has 2 unspecified atom stereocenters. The van der Waals surface area contributed by atoms with Gasteiger partial charge in [-0.1, -0.05) is 13.0 Å². The molecule has 2 rings (SSSR count). The highest BCUT2D eigenvalue weighted by molar-refractivity contribution is 4.93. The minimum Gasteiger partial charge on any atom is -0.314 e. The molecule has 0 aliphatic carbocycles. The minimum absolute atomic E-state index is 0.0914. The van der Waals surface area contributed by atoms with Gasteiger partial charge in [-0.15, -0.1) is 0 Å². The number of nitrogens with zero attached hydrogens (tertiary/aromatic N) is 2. The van der Waals surface area contributed by atoms with Gasteiger partial charge < -0.3 is 9.88 Å². The van der Waals surface area contributed by atoms with Crippen molar-refractivity contribution in [3.8, 4) is 0 Å². The van der Waals surface area contributed by atoms with Crippen LogP contribution in [-0.4, -0.2) is 41.2 Å². The van der Waals surface area contributed by atoms with Gasteiger partial charge in [-0.2, -0.15) is 0 Å². The van der Waals surface area contributed by atoms with Crippen LogP contribution in [0.2, 0.25) is 0 Å². The standard InChI is InChI=1S/C14H23N3O/c1-3-13-10-15-12(2)11-17(13)9-8-16-7-5-4-6-14(16)18/h4-7,12-13,15H,3,8-11H2,1-2H3. The Labute approximate surface area is 109 Å². The maximum absolute atomic E-state index is 11.6. The van der Waals surface area contributed by atoms with Gasteiger partial charge in [0.15, 0.2) is 0 Å². The van der Waals surface area contributed by atoms with Crippen LogP contribution in [0.5, 0.6) is 0 Å². The van der Waals surface area contributed by atoms with E-state index in [1.165, 1.54) is 0 Å². The third-order valence-corrected chi connectivity index (χ3v) is 3.73. The average Bonchev–Trinajstić information content (AvgIpc) is 2.38. The van der Waals surface area contributed by atoms with E-state index in [-0.39, 0.29) is 5.56 Å². The van der Waals surface area contributed by atoms with Gasteiger partial charge in [0, 0.05) is 50.5 Å². The summed E-state index contributed by atoms with van der Waals surface area (Å²) in [7, 11) is 0. The molecular weight excluding hydrogens is 226 g/mol. The topological polar surface area (TPSA) is 37.3 Å². The molecule has 0 aromatic carbocycles. The fourth-order valence-corrected chi connectivity index (χ4v) is 2.59. The second-order valence-corrected chi connectivity index (χ2v) is 5.10. The summed E-state index contributed by atoms with van der Waals surface area (Å²) in [4.78, 5) is 14.1. The van der Waals surface area contributed by atoms with Crippen LogP contribution in [0.3, 0.4) is 0 Å². The van der Waals surface area contributed by atoms with E-state index < -0.39 is 0 Å². The quantitative estimate of drug-likeness (QED) is 0.862. The Morgan fingerprint density at radius 1 is 1.39 bits per heavy atom. The van der Waals surface area contributed by atoms with Crippen LogP contribution in [0.4, 0.5) is 0 Å². The van der Waals surface area contributed by atoms with Gasteiger partial charge in [0.2, 0.25) is 0 Å². The number of nitrogens with one attached hydrogen (secondary N) is 1. The number of pyridine rings is 1. The number of hydrogen-bond donors (Lipinski definition) is 1. The van der Waals surface area contributed by atoms with E-state index in [1.807, 2.05) is 12.3 Å². The van der Waals surface area contributed by atoms with Gasteiger partial charge in [0.05, 0.1) is 0 Å². The predicted octanol–water partition coefficient (Wildman–Crippen LogP) is 0.921. The fourth-order valence-electron chi connectivity index (χ4n) is 2.59. The first-order valence-corrected chi connectivity index (χ1v) is 6.83. The molecule has 2 atom stereocenters. The van der Waals surface area contributed by atoms with Crippen molar-refractivity contribution in [3.05, 3.63) is 34.7 Å². The van der Waals surface area contributed by atoms with Crippen molar-refractivity contribution in [1.82, 2.24) is 14.8 Å². The van der Waals surface area contributed by atoms with Crippen LogP contribution in [0.25, 0.3) is 0 Å². The van der Waals surface area contributed by atoms with E-state index in [1.54, 1.807) is 16.7 Å². The fraction of sp³-hybridized carbons (Fsp3) is 0.643. The molecule has 4 nitrogen and oxygen atoms in total. The van der Waals surface area contributed by atoms with Gasteiger partial charge in [-0.05, 0) is 19.4 Å². The van der Waals surface area contributed by atoms with E-state index in [0.717, 1.165) is 32.6 Å². The van der Waals surface area contributed by atoms with Crippen molar-refractivity contribution in [2.75, 3.05) is 19.6 Å². The smallest absolute Gasteiger partial charge is 0.250 e. The maximum Gasteiger partial charge on any atom is 0.250 e. The molecule has 1 N–H and O–H groups in total. The summed E-state index contributed by atoms with van der Waals surface area (Å²) in [5.74, 6) is 0. The number of piperazine rings is 1. The molecule has 1 aromatic rings. The van der Waals surface area contributed by atoms with Crippen LogP contribution in [-0.2, 0) is 6.54 Å². The summed E-state index contributed by atoms with van der Waals surface area (Å²) < 4.78 is 1.79. The normalized spacial score (nSPS) is 25.2. The lowest BCUT2D eigenvalue weighted by molar-refractivity contribution is 0.127. The van der Waals surface area contributed by atoms with Gasteiger partial charge in [-0.25, -0.2) is 0 Å². The van der Waals surface area contributed by atoms with Crippen molar-refractivity contribution in [2.24, 2.45) is 0 Å². The molecule has 0 radical (unpaired) electrons. The van der Waals surface area contributed by atoms with E-state index in [2.05, 4.69) is 24.1 Å². The summed E-state index contributed by atoms with van der Waals surface area (Å²) in [5.41, 5.74) is 0.0914. The van der Waals surface area contributed by atoms with Gasteiger partial charge in [0.25, 0.3) is 5.56 Å². The van der Waals surface area contributed by atoms with Gasteiger partial charge in [-0.3, -0.25) is 9.69 Å². The first-order chi connectivity index (χ1) is 8.70. The SMILES string of the molecule is CCC1CNC(C)CN1CCn1ccccc1=O. The van der Waals surface area contributed by atoms with Crippen LogP contribution >= 0.6 is 0 Å². The number of rotatable bonds is 4. The summed E-state index contributed by atoms with van der Waals surface area (Å²) in [5, 5.41) is 3.51. The average molecular weight is 249 g/mol. The lowest BCUT2D eigenvalue weighted by Gasteiger charge is -2.39. The Hall–Kier alpha value is -1.13. The van der Waals surface area contributed by atoms with E-state index in [0.29, 0.717) is 12.1 Å². The van der Waals surface area contributed by atoms with Crippen molar-refractivity contribution in [2.45, 2.75) is 38.9 Å². The third-order valence-electron chi connectivity index (χ3n) is 3.73. The monoisotopic (exact) mass is 249 g/mol. The maximum atomic E-state index is 11.6. The molecule has 4 heteroatoms. The molecule has 1 aromatic heterocycles. The molecule has 0 spiro atoms. The second-order valence-electron chi connectivity index (χ2n) is 5.10. The largest absolute Gasteiger partial charge is 0.314 e. The Kier molecular flexibility index (Phi) is 4.55. The zero-order chi connectivity index (χ0) is 13.0. The molecule has 18 heavy (non-hydrogen) atoms. The van der Waals surface area contributed by atoms with Crippen LogP contribution in [0, 0.1) is 0 Å². The number of hydrogen-bond acceptors (Lipinski definition) is 3. The Bertz CT molecular complexity index is 429. The highest BCUT2D eigenvalue weighted by Crippen LogP contribution is 2.09.